The smallest absolute Gasteiger partial charge is 0.136 e. The van der Waals surface area contributed by atoms with Crippen molar-refractivity contribution in [3.8, 4) is 0 Å². The van der Waals surface area contributed by atoms with Gasteiger partial charge < -0.3 is 4.74 Å². The van der Waals surface area contributed by atoms with Gasteiger partial charge in [-0.15, -0.1) is 0 Å². The second kappa shape index (κ2) is 3.85. The van der Waals surface area contributed by atoms with Crippen LogP contribution >= 0.6 is 12.2 Å². The van der Waals surface area contributed by atoms with E-state index in [-0.39, 0.29) is 6.10 Å². The number of thiocarbonyl (C=S) groups is 1. The zero-order valence-electron chi connectivity index (χ0n) is 7.76. The summed E-state index contributed by atoms with van der Waals surface area (Å²) in [6, 6.07) is 0. The van der Waals surface area contributed by atoms with Crippen LogP contribution in [0.2, 0.25) is 0 Å². The monoisotopic (exact) mass is 182 g/mol. The average molecular weight is 182 g/mol. The minimum atomic E-state index is 0.208. The topological polar surface area (TPSA) is 9.23 Å². The highest BCUT2D eigenvalue weighted by Crippen LogP contribution is 2.19. The normalized spacial score (nSPS) is 17.5. The molecule has 0 unspecified atom stereocenters. The largest absolute Gasteiger partial charge is 0.490 e. The van der Waals surface area contributed by atoms with Gasteiger partial charge in [0.15, 0.2) is 0 Å². The number of rotatable bonds is 2. The van der Waals surface area contributed by atoms with Crippen molar-refractivity contribution in [2.45, 2.75) is 33.3 Å². The van der Waals surface area contributed by atoms with Crippen molar-refractivity contribution >= 4 is 17.1 Å². The summed E-state index contributed by atoms with van der Waals surface area (Å²) in [5.41, 5.74) is 1.23. The molecule has 0 heterocycles. The first-order valence-electron chi connectivity index (χ1n) is 4.18. The third-order valence-corrected chi connectivity index (χ3v) is 1.98. The predicted molar refractivity (Wildman–Crippen MR) is 55.3 cm³/mol. The number of ether oxygens (including phenoxy) is 1. The van der Waals surface area contributed by atoms with E-state index in [0.717, 1.165) is 17.0 Å². The Bertz CT molecular complexity index is 249. The summed E-state index contributed by atoms with van der Waals surface area (Å²) in [5, 5.41) is 0. The Balaban J connectivity index is 2.77. The summed E-state index contributed by atoms with van der Waals surface area (Å²) in [4.78, 5) is 0.826. The van der Waals surface area contributed by atoms with E-state index in [4.69, 9.17) is 17.0 Å². The van der Waals surface area contributed by atoms with Crippen LogP contribution in [0.4, 0.5) is 0 Å². The summed E-state index contributed by atoms with van der Waals surface area (Å²) in [6.07, 6.45) is 5.19. The fourth-order valence-electron chi connectivity index (χ4n) is 1.12. The Morgan fingerprint density at radius 1 is 1.50 bits per heavy atom. The van der Waals surface area contributed by atoms with Gasteiger partial charge in [0.25, 0.3) is 0 Å². The number of hydrogen-bond donors (Lipinski definition) is 0. The van der Waals surface area contributed by atoms with Crippen molar-refractivity contribution < 1.29 is 4.74 Å². The molecular formula is C10H14OS. The SMILES string of the molecule is CC1=C(OC(C)C)C(=S)C=CC1. The molecule has 2 heteroatoms. The molecule has 0 aromatic rings. The first kappa shape index (κ1) is 9.46. The lowest BCUT2D eigenvalue weighted by Crippen LogP contribution is -2.12. The zero-order valence-corrected chi connectivity index (χ0v) is 8.57. The maximum absolute atomic E-state index is 5.60. The molecule has 0 saturated carbocycles. The van der Waals surface area contributed by atoms with Gasteiger partial charge in [0.05, 0.1) is 11.0 Å². The molecule has 0 aromatic heterocycles. The summed E-state index contributed by atoms with van der Waals surface area (Å²) < 4.78 is 5.60. The van der Waals surface area contributed by atoms with Crippen LogP contribution < -0.4 is 0 Å². The van der Waals surface area contributed by atoms with Gasteiger partial charge in [-0.3, -0.25) is 0 Å². The maximum atomic E-state index is 5.60. The van der Waals surface area contributed by atoms with E-state index in [0.29, 0.717) is 0 Å². The Hall–Kier alpha value is -0.630. The molecule has 1 aliphatic rings. The molecule has 0 N–H and O–H groups in total. The molecule has 0 bridgehead atoms. The zero-order chi connectivity index (χ0) is 9.14. The third-order valence-electron chi connectivity index (χ3n) is 1.66. The minimum Gasteiger partial charge on any atom is -0.490 e. The van der Waals surface area contributed by atoms with Crippen molar-refractivity contribution in [2.24, 2.45) is 0 Å². The van der Waals surface area contributed by atoms with Crippen LogP contribution in [-0.2, 0) is 4.74 Å². The molecule has 0 spiro atoms. The van der Waals surface area contributed by atoms with E-state index >= 15 is 0 Å². The summed E-state index contributed by atoms with van der Waals surface area (Å²) in [7, 11) is 0. The third kappa shape index (κ3) is 2.18. The lowest BCUT2D eigenvalue weighted by molar-refractivity contribution is 0.161. The van der Waals surface area contributed by atoms with Crippen molar-refractivity contribution in [3.05, 3.63) is 23.5 Å². The molecule has 0 radical (unpaired) electrons. The second-order valence-electron chi connectivity index (χ2n) is 3.25. The van der Waals surface area contributed by atoms with Crippen LogP contribution in [0.1, 0.15) is 27.2 Å². The lowest BCUT2D eigenvalue weighted by atomic mass is 10.1. The molecule has 1 aliphatic carbocycles. The van der Waals surface area contributed by atoms with Gasteiger partial charge in [0, 0.05) is 0 Å². The molecule has 0 amide bonds. The number of allylic oxidation sites excluding steroid dienone is 3. The van der Waals surface area contributed by atoms with Crippen LogP contribution in [0.25, 0.3) is 0 Å². The summed E-state index contributed by atoms with van der Waals surface area (Å²) in [6.45, 7) is 6.09. The summed E-state index contributed by atoms with van der Waals surface area (Å²) >= 11 is 5.15. The second-order valence-corrected chi connectivity index (χ2v) is 3.69. The highest BCUT2D eigenvalue weighted by molar-refractivity contribution is 7.81. The molecule has 12 heavy (non-hydrogen) atoms. The van der Waals surface area contributed by atoms with Crippen LogP contribution in [0, 0.1) is 0 Å². The van der Waals surface area contributed by atoms with Crippen LogP contribution in [0.3, 0.4) is 0 Å². The van der Waals surface area contributed by atoms with Crippen molar-refractivity contribution in [1.82, 2.24) is 0 Å². The van der Waals surface area contributed by atoms with Crippen LogP contribution in [0.5, 0.6) is 0 Å². The van der Waals surface area contributed by atoms with Gasteiger partial charge >= 0.3 is 0 Å². The molecule has 1 nitrogen and oxygen atoms in total. The quantitative estimate of drug-likeness (QED) is 0.607. The van der Waals surface area contributed by atoms with Gasteiger partial charge in [0.2, 0.25) is 0 Å². The minimum absolute atomic E-state index is 0.208. The van der Waals surface area contributed by atoms with E-state index in [1.54, 1.807) is 0 Å². The Morgan fingerprint density at radius 3 is 2.67 bits per heavy atom. The maximum Gasteiger partial charge on any atom is 0.136 e. The van der Waals surface area contributed by atoms with Crippen molar-refractivity contribution in [1.29, 1.82) is 0 Å². The Kier molecular flexibility index (Phi) is 3.04. The van der Waals surface area contributed by atoms with Crippen LogP contribution in [0.15, 0.2) is 23.5 Å². The average Bonchev–Trinajstić information content (AvgIpc) is 1.97. The van der Waals surface area contributed by atoms with Crippen LogP contribution in [-0.4, -0.2) is 11.0 Å². The van der Waals surface area contributed by atoms with Crippen molar-refractivity contribution in [3.63, 3.8) is 0 Å². The highest BCUT2D eigenvalue weighted by Gasteiger charge is 2.12. The number of hydrogen-bond acceptors (Lipinski definition) is 2. The van der Waals surface area contributed by atoms with E-state index in [1.807, 2.05) is 19.9 Å². The predicted octanol–water partition coefficient (Wildman–Crippen LogP) is 3.02. The van der Waals surface area contributed by atoms with Gasteiger partial charge in [0.1, 0.15) is 5.76 Å². The first-order chi connectivity index (χ1) is 5.61. The fraction of sp³-hybridized carbons (Fsp3) is 0.500. The fourth-order valence-corrected chi connectivity index (χ4v) is 1.43. The molecule has 0 saturated heterocycles. The van der Waals surface area contributed by atoms with E-state index in [2.05, 4.69) is 13.0 Å². The van der Waals surface area contributed by atoms with E-state index < -0.39 is 0 Å². The van der Waals surface area contributed by atoms with E-state index in [9.17, 15) is 0 Å². The van der Waals surface area contributed by atoms with Gasteiger partial charge in [-0.1, -0.05) is 18.3 Å². The Morgan fingerprint density at radius 2 is 2.17 bits per heavy atom. The first-order valence-corrected chi connectivity index (χ1v) is 4.59. The highest BCUT2D eigenvalue weighted by atomic mass is 32.1. The summed E-state index contributed by atoms with van der Waals surface area (Å²) in [5.74, 6) is 0.905. The van der Waals surface area contributed by atoms with Gasteiger partial charge in [-0.25, -0.2) is 0 Å². The Labute approximate surface area is 79.1 Å². The molecular weight excluding hydrogens is 168 g/mol. The molecule has 1 rings (SSSR count). The standard InChI is InChI=1S/C10H14OS/c1-7(2)11-10-8(3)5-4-6-9(10)12/h4,6-7H,5H2,1-3H3. The van der Waals surface area contributed by atoms with Crippen molar-refractivity contribution in [2.75, 3.05) is 0 Å². The molecule has 66 valence electrons. The van der Waals surface area contributed by atoms with Gasteiger partial charge in [-0.2, -0.15) is 0 Å². The molecule has 0 aliphatic heterocycles. The lowest BCUT2D eigenvalue weighted by Gasteiger charge is -2.18. The van der Waals surface area contributed by atoms with E-state index in [1.165, 1.54) is 5.57 Å². The molecule has 0 aromatic carbocycles. The molecule has 0 fully saturated rings. The molecule has 0 atom stereocenters. The van der Waals surface area contributed by atoms with Gasteiger partial charge in [-0.05, 0) is 38.8 Å².